The molecule has 11 heavy (non-hydrogen) atoms. The SMILES string of the molecule is CCCNc1nc[c]cc1C. The van der Waals surface area contributed by atoms with Crippen molar-refractivity contribution in [2.24, 2.45) is 0 Å². The zero-order valence-electron chi connectivity index (χ0n) is 7.02. The Morgan fingerprint density at radius 3 is 3.09 bits per heavy atom. The molecular formula is C9H13N2. The summed E-state index contributed by atoms with van der Waals surface area (Å²) in [6.07, 6.45) is 2.81. The highest BCUT2D eigenvalue weighted by molar-refractivity contribution is 5.41. The van der Waals surface area contributed by atoms with Gasteiger partial charge in [-0.1, -0.05) is 6.92 Å². The molecule has 1 aromatic rings. The van der Waals surface area contributed by atoms with Crippen molar-refractivity contribution < 1.29 is 0 Å². The van der Waals surface area contributed by atoms with E-state index in [2.05, 4.69) is 23.3 Å². The minimum absolute atomic E-state index is 0.977. The topological polar surface area (TPSA) is 24.9 Å². The fourth-order valence-electron chi connectivity index (χ4n) is 0.863. The predicted molar refractivity (Wildman–Crippen MR) is 46.6 cm³/mol. The van der Waals surface area contributed by atoms with E-state index in [0.717, 1.165) is 24.3 Å². The molecule has 0 atom stereocenters. The van der Waals surface area contributed by atoms with Crippen LogP contribution >= 0.6 is 0 Å². The van der Waals surface area contributed by atoms with Crippen molar-refractivity contribution in [1.82, 2.24) is 4.98 Å². The zero-order valence-corrected chi connectivity index (χ0v) is 7.02. The normalized spacial score (nSPS) is 9.64. The van der Waals surface area contributed by atoms with Gasteiger partial charge in [0.25, 0.3) is 0 Å². The van der Waals surface area contributed by atoms with Gasteiger partial charge < -0.3 is 5.32 Å². The molecule has 0 aliphatic rings. The van der Waals surface area contributed by atoms with E-state index in [9.17, 15) is 0 Å². The second kappa shape index (κ2) is 3.96. The van der Waals surface area contributed by atoms with Gasteiger partial charge in [0.1, 0.15) is 5.82 Å². The van der Waals surface area contributed by atoms with Gasteiger partial charge in [-0.05, 0) is 25.0 Å². The standard InChI is InChI=1S/C9H13N2/c1-3-6-10-9-8(2)5-4-7-11-9/h5,7H,3,6H2,1-2H3,(H,10,11). The van der Waals surface area contributed by atoms with Crippen LogP contribution in [0.15, 0.2) is 12.3 Å². The fourth-order valence-corrected chi connectivity index (χ4v) is 0.863. The summed E-state index contributed by atoms with van der Waals surface area (Å²) >= 11 is 0. The molecule has 0 saturated carbocycles. The molecule has 1 heterocycles. The van der Waals surface area contributed by atoms with Gasteiger partial charge >= 0.3 is 0 Å². The largest absolute Gasteiger partial charge is 0.370 e. The highest BCUT2D eigenvalue weighted by Crippen LogP contribution is 2.07. The fraction of sp³-hybridized carbons (Fsp3) is 0.444. The number of pyridine rings is 1. The molecule has 0 unspecified atom stereocenters. The minimum atomic E-state index is 0.977. The molecule has 59 valence electrons. The van der Waals surface area contributed by atoms with Crippen LogP contribution in [0.4, 0.5) is 5.82 Å². The third-order valence-electron chi connectivity index (χ3n) is 1.48. The average Bonchev–Trinajstić information content (AvgIpc) is 2.03. The summed E-state index contributed by atoms with van der Waals surface area (Å²) in [5.41, 5.74) is 1.15. The first kappa shape index (κ1) is 8.05. The monoisotopic (exact) mass is 149 g/mol. The van der Waals surface area contributed by atoms with E-state index in [1.165, 1.54) is 0 Å². The van der Waals surface area contributed by atoms with Gasteiger partial charge in [0.05, 0.1) is 0 Å². The van der Waals surface area contributed by atoms with Gasteiger partial charge in [0.2, 0.25) is 0 Å². The average molecular weight is 149 g/mol. The summed E-state index contributed by atoms with van der Waals surface area (Å²) in [6, 6.07) is 4.86. The quantitative estimate of drug-likeness (QED) is 0.711. The lowest BCUT2D eigenvalue weighted by atomic mass is 10.3. The molecule has 1 rings (SSSR count). The third-order valence-corrected chi connectivity index (χ3v) is 1.48. The van der Waals surface area contributed by atoms with E-state index in [0.29, 0.717) is 0 Å². The Balaban J connectivity index is 2.62. The molecule has 0 bridgehead atoms. The maximum atomic E-state index is 4.15. The van der Waals surface area contributed by atoms with Gasteiger partial charge in [0, 0.05) is 18.8 Å². The Morgan fingerprint density at radius 2 is 2.45 bits per heavy atom. The van der Waals surface area contributed by atoms with Crippen LogP contribution in [-0.4, -0.2) is 11.5 Å². The van der Waals surface area contributed by atoms with Crippen molar-refractivity contribution in [3.05, 3.63) is 23.9 Å². The highest BCUT2D eigenvalue weighted by atomic mass is 15.0. The molecule has 2 nitrogen and oxygen atoms in total. The smallest absolute Gasteiger partial charge is 0.128 e. The van der Waals surface area contributed by atoms with Crippen LogP contribution in [0.2, 0.25) is 0 Å². The van der Waals surface area contributed by atoms with Crippen molar-refractivity contribution in [3.63, 3.8) is 0 Å². The van der Waals surface area contributed by atoms with Gasteiger partial charge in [-0.3, -0.25) is 0 Å². The molecular weight excluding hydrogens is 136 g/mol. The molecule has 0 fully saturated rings. The maximum absolute atomic E-state index is 4.15. The molecule has 1 aromatic heterocycles. The molecule has 2 heteroatoms. The van der Waals surface area contributed by atoms with Crippen LogP contribution in [-0.2, 0) is 0 Å². The van der Waals surface area contributed by atoms with Gasteiger partial charge in [-0.25, -0.2) is 4.98 Å². The van der Waals surface area contributed by atoms with E-state index in [-0.39, 0.29) is 0 Å². The van der Waals surface area contributed by atoms with Crippen LogP contribution in [0, 0.1) is 13.0 Å². The lowest BCUT2D eigenvalue weighted by Gasteiger charge is -2.04. The molecule has 1 N–H and O–H groups in total. The second-order valence-electron chi connectivity index (χ2n) is 2.53. The molecule has 0 aromatic carbocycles. The Kier molecular flexibility index (Phi) is 2.90. The van der Waals surface area contributed by atoms with Crippen molar-refractivity contribution in [2.75, 3.05) is 11.9 Å². The summed E-state index contributed by atoms with van der Waals surface area (Å²) in [5.74, 6) is 0.977. The molecule has 0 amide bonds. The molecule has 0 aliphatic carbocycles. The first-order chi connectivity index (χ1) is 5.34. The van der Waals surface area contributed by atoms with Gasteiger partial charge in [-0.15, -0.1) is 0 Å². The van der Waals surface area contributed by atoms with Crippen molar-refractivity contribution in [3.8, 4) is 0 Å². The first-order valence-electron chi connectivity index (χ1n) is 3.91. The minimum Gasteiger partial charge on any atom is -0.370 e. The number of nitrogens with one attached hydrogen (secondary N) is 1. The molecule has 0 saturated heterocycles. The lowest BCUT2D eigenvalue weighted by Crippen LogP contribution is -2.02. The second-order valence-corrected chi connectivity index (χ2v) is 2.53. The van der Waals surface area contributed by atoms with Gasteiger partial charge in [-0.2, -0.15) is 0 Å². The number of aromatic nitrogens is 1. The Labute approximate surface area is 67.7 Å². The summed E-state index contributed by atoms with van der Waals surface area (Å²) in [6.45, 7) is 5.15. The van der Waals surface area contributed by atoms with Crippen LogP contribution in [0.5, 0.6) is 0 Å². The van der Waals surface area contributed by atoms with Crippen LogP contribution in [0.25, 0.3) is 0 Å². The van der Waals surface area contributed by atoms with Crippen LogP contribution in [0.3, 0.4) is 0 Å². The van der Waals surface area contributed by atoms with Crippen molar-refractivity contribution >= 4 is 5.82 Å². The highest BCUT2D eigenvalue weighted by Gasteiger charge is 1.94. The van der Waals surface area contributed by atoms with E-state index >= 15 is 0 Å². The van der Waals surface area contributed by atoms with E-state index in [1.54, 1.807) is 6.20 Å². The van der Waals surface area contributed by atoms with E-state index in [4.69, 9.17) is 0 Å². The summed E-state index contributed by atoms with van der Waals surface area (Å²) in [5, 5.41) is 3.23. The van der Waals surface area contributed by atoms with Gasteiger partial charge in [0.15, 0.2) is 0 Å². The van der Waals surface area contributed by atoms with Crippen LogP contribution in [0.1, 0.15) is 18.9 Å². The number of anilines is 1. The molecule has 0 spiro atoms. The summed E-state index contributed by atoms with van der Waals surface area (Å²) in [4.78, 5) is 4.15. The predicted octanol–water partition coefficient (Wildman–Crippen LogP) is 2.01. The maximum Gasteiger partial charge on any atom is 0.128 e. The van der Waals surface area contributed by atoms with Crippen molar-refractivity contribution in [2.45, 2.75) is 20.3 Å². The number of aryl methyl sites for hydroxylation is 1. The van der Waals surface area contributed by atoms with E-state index in [1.807, 2.05) is 13.0 Å². The summed E-state index contributed by atoms with van der Waals surface area (Å²) < 4.78 is 0. The lowest BCUT2D eigenvalue weighted by molar-refractivity contribution is 0.965. The first-order valence-corrected chi connectivity index (χ1v) is 3.91. The number of hydrogen-bond acceptors (Lipinski definition) is 2. The summed E-state index contributed by atoms with van der Waals surface area (Å²) in [7, 11) is 0. The number of rotatable bonds is 3. The zero-order chi connectivity index (χ0) is 8.10. The van der Waals surface area contributed by atoms with Crippen molar-refractivity contribution in [1.29, 1.82) is 0 Å². The number of nitrogens with zero attached hydrogens (tertiary/aromatic N) is 1. The third kappa shape index (κ3) is 2.22. The Morgan fingerprint density at radius 1 is 1.64 bits per heavy atom. The molecule has 1 radical (unpaired) electrons. The number of hydrogen-bond donors (Lipinski definition) is 1. The van der Waals surface area contributed by atoms with E-state index < -0.39 is 0 Å². The Hall–Kier alpha value is -1.05. The van der Waals surface area contributed by atoms with Crippen LogP contribution < -0.4 is 5.32 Å². The molecule has 0 aliphatic heterocycles. The Bertz CT molecular complexity index is 221.